The van der Waals surface area contributed by atoms with Gasteiger partial charge in [0.15, 0.2) is 11.5 Å². The lowest BCUT2D eigenvalue weighted by atomic mass is 10.2. The van der Waals surface area contributed by atoms with E-state index < -0.39 is 0 Å². The van der Waals surface area contributed by atoms with Crippen LogP contribution in [0.1, 0.15) is 18.6 Å². The molecule has 0 unspecified atom stereocenters. The average Bonchev–Trinajstić information content (AvgIpc) is 2.81. The van der Waals surface area contributed by atoms with E-state index in [9.17, 15) is 4.79 Å². The molecule has 1 aromatic carbocycles. The van der Waals surface area contributed by atoms with E-state index >= 15 is 0 Å². The molecule has 102 valence electrons. The van der Waals surface area contributed by atoms with E-state index in [2.05, 4.69) is 5.32 Å². The number of hydrogen-bond acceptors (Lipinski definition) is 4. The predicted molar refractivity (Wildman–Crippen MR) is 72.9 cm³/mol. The second kappa shape index (κ2) is 6.24. The van der Waals surface area contributed by atoms with Crippen LogP contribution in [-0.4, -0.2) is 19.6 Å². The maximum Gasteiger partial charge on any atom is 0.219 e. The van der Waals surface area contributed by atoms with Gasteiger partial charge in [-0.05, 0) is 18.6 Å². The molecule has 0 aliphatic heterocycles. The van der Waals surface area contributed by atoms with Gasteiger partial charge in [-0.15, -0.1) is 0 Å². The molecular formula is C14H18N2O3. The summed E-state index contributed by atoms with van der Waals surface area (Å²) in [5.74, 6) is 1.34. The Kier molecular flexibility index (Phi) is 4.41. The molecule has 5 nitrogen and oxygen atoms in total. The maximum atomic E-state index is 11.1. The standard InChI is InChI=1S/C14H18N2O3/c1-16-13(17)7-4-8-18-14-10-5-2-3-6-11(10)19-12(14)9-15/h2-3,5-6H,4,7-9,15H2,1H3,(H,16,17). The molecule has 1 aromatic heterocycles. The molecule has 19 heavy (non-hydrogen) atoms. The van der Waals surface area contributed by atoms with E-state index in [-0.39, 0.29) is 5.91 Å². The van der Waals surface area contributed by atoms with Crippen molar-refractivity contribution in [3.05, 3.63) is 30.0 Å². The second-order valence-corrected chi connectivity index (χ2v) is 4.18. The van der Waals surface area contributed by atoms with E-state index in [4.69, 9.17) is 14.9 Å². The van der Waals surface area contributed by atoms with Gasteiger partial charge in [-0.2, -0.15) is 0 Å². The number of amides is 1. The average molecular weight is 262 g/mol. The van der Waals surface area contributed by atoms with E-state index in [1.165, 1.54) is 0 Å². The first-order valence-corrected chi connectivity index (χ1v) is 6.30. The molecule has 0 aliphatic rings. The van der Waals surface area contributed by atoms with Crippen LogP contribution in [0.3, 0.4) is 0 Å². The van der Waals surface area contributed by atoms with E-state index in [0.29, 0.717) is 37.5 Å². The van der Waals surface area contributed by atoms with Crippen LogP contribution in [0, 0.1) is 0 Å². The summed E-state index contributed by atoms with van der Waals surface area (Å²) >= 11 is 0. The Labute approximate surface area is 111 Å². The highest BCUT2D eigenvalue weighted by molar-refractivity contribution is 5.85. The van der Waals surface area contributed by atoms with E-state index in [1.54, 1.807) is 7.05 Å². The molecule has 0 aliphatic carbocycles. The van der Waals surface area contributed by atoms with Crippen LogP contribution in [-0.2, 0) is 11.3 Å². The summed E-state index contributed by atoms with van der Waals surface area (Å²) in [6, 6.07) is 7.65. The third-order valence-electron chi connectivity index (χ3n) is 2.88. The highest BCUT2D eigenvalue weighted by atomic mass is 16.5. The Morgan fingerprint density at radius 2 is 2.21 bits per heavy atom. The van der Waals surface area contributed by atoms with Crippen LogP contribution in [0.5, 0.6) is 5.75 Å². The van der Waals surface area contributed by atoms with Crippen molar-refractivity contribution in [1.82, 2.24) is 5.32 Å². The molecular weight excluding hydrogens is 244 g/mol. The number of benzene rings is 1. The number of hydrogen-bond donors (Lipinski definition) is 2. The first kappa shape index (κ1) is 13.4. The number of rotatable bonds is 6. The van der Waals surface area contributed by atoms with E-state index in [0.717, 1.165) is 11.0 Å². The van der Waals surface area contributed by atoms with Crippen molar-refractivity contribution < 1.29 is 13.9 Å². The van der Waals surface area contributed by atoms with Crippen LogP contribution in [0.2, 0.25) is 0 Å². The summed E-state index contributed by atoms with van der Waals surface area (Å²) in [6.45, 7) is 0.753. The van der Waals surface area contributed by atoms with Gasteiger partial charge in [-0.1, -0.05) is 12.1 Å². The number of carbonyl (C=O) groups excluding carboxylic acids is 1. The van der Waals surface area contributed by atoms with E-state index in [1.807, 2.05) is 24.3 Å². The molecule has 0 radical (unpaired) electrons. The number of carbonyl (C=O) groups is 1. The summed E-state index contributed by atoms with van der Waals surface area (Å²) in [7, 11) is 1.62. The molecule has 1 amide bonds. The Bertz CT molecular complexity index is 563. The lowest BCUT2D eigenvalue weighted by molar-refractivity contribution is -0.120. The molecule has 0 saturated heterocycles. The molecule has 0 saturated carbocycles. The Morgan fingerprint density at radius 3 is 2.95 bits per heavy atom. The van der Waals surface area contributed by atoms with Gasteiger partial charge >= 0.3 is 0 Å². The summed E-state index contributed by atoms with van der Waals surface area (Å²) in [6.07, 6.45) is 1.10. The molecule has 5 heteroatoms. The van der Waals surface area contributed by atoms with Crippen molar-refractivity contribution in [2.24, 2.45) is 5.73 Å². The summed E-state index contributed by atoms with van der Waals surface area (Å²) in [5.41, 5.74) is 6.42. The lowest BCUT2D eigenvalue weighted by Gasteiger charge is -2.05. The number of nitrogens with two attached hydrogens (primary N) is 1. The van der Waals surface area contributed by atoms with Crippen molar-refractivity contribution in [1.29, 1.82) is 0 Å². The van der Waals surface area contributed by atoms with Crippen LogP contribution in [0.15, 0.2) is 28.7 Å². The number of fused-ring (bicyclic) bond motifs is 1. The van der Waals surface area contributed by atoms with Gasteiger partial charge in [0.25, 0.3) is 0 Å². The van der Waals surface area contributed by atoms with Crippen LogP contribution < -0.4 is 15.8 Å². The zero-order valence-electron chi connectivity index (χ0n) is 10.9. The minimum atomic E-state index is 0.0136. The Balaban J connectivity index is 2.05. The number of furan rings is 1. The molecule has 0 fully saturated rings. The van der Waals surface area contributed by atoms with Gasteiger partial charge < -0.3 is 20.2 Å². The zero-order chi connectivity index (χ0) is 13.7. The number of nitrogens with one attached hydrogen (secondary N) is 1. The maximum absolute atomic E-state index is 11.1. The molecule has 1 heterocycles. The monoisotopic (exact) mass is 262 g/mol. The fraction of sp³-hybridized carbons (Fsp3) is 0.357. The Morgan fingerprint density at radius 1 is 1.42 bits per heavy atom. The fourth-order valence-corrected chi connectivity index (χ4v) is 1.90. The number of para-hydroxylation sites is 1. The van der Waals surface area contributed by atoms with Crippen molar-refractivity contribution in [2.45, 2.75) is 19.4 Å². The van der Waals surface area contributed by atoms with Gasteiger partial charge in [-0.25, -0.2) is 0 Å². The van der Waals surface area contributed by atoms with Gasteiger partial charge in [0, 0.05) is 13.5 Å². The summed E-state index contributed by atoms with van der Waals surface area (Å²) < 4.78 is 11.3. The zero-order valence-corrected chi connectivity index (χ0v) is 10.9. The highest BCUT2D eigenvalue weighted by Gasteiger charge is 2.13. The molecule has 0 atom stereocenters. The van der Waals surface area contributed by atoms with Gasteiger partial charge in [0.1, 0.15) is 5.58 Å². The largest absolute Gasteiger partial charge is 0.489 e. The topological polar surface area (TPSA) is 77.5 Å². The van der Waals surface area contributed by atoms with Crippen LogP contribution >= 0.6 is 0 Å². The third-order valence-corrected chi connectivity index (χ3v) is 2.88. The SMILES string of the molecule is CNC(=O)CCCOc1c(CN)oc2ccccc12. The molecule has 0 spiro atoms. The molecule has 2 aromatic rings. The molecule has 3 N–H and O–H groups in total. The third kappa shape index (κ3) is 3.06. The van der Waals surface area contributed by atoms with Crippen molar-refractivity contribution in [2.75, 3.05) is 13.7 Å². The molecule has 2 rings (SSSR count). The first-order chi connectivity index (χ1) is 9.26. The van der Waals surface area contributed by atoms with Gasteiger partial charge in [0.05, 0.1) is 18.5 Å². The summed E-state index contributed by atoms with van der Waals surface area (Å²) in [5, 5.41) is 3.50. The minimum Gasteiger partial charge on any atom is -0.489 e. The second-order valence-electron chi connectivity index (χ2n) is 4.18. The van der Waals surface area contributed by atoms with Crippen molar-refractivity contribution in [3.8, 4) is 5.75 Å². The predicted octanol–water partition coefficient (Wildman–Crippen LogP) is 1.80. The summed E-state index contributed by atoms with van der Waals surface area (Å²) in [4.78, 5) is 11.1. The smallest absolute Gasteiger partial charge is 0.219 e. The fourth-order valence-electron chi connectivity index (χ4n) is 1.90. The molecule has 0 bridgehead atoms. The van der Waals surface area contributed by atoms with Crippen LogP contribution in [0.4, 0.5) is 0 Å². The first-order valence-electron chi connectivity index (χ1n) is 6.30. The lowest BCUT2D eigenvalue weighted by Crippen LogP contribution is -2.18. The van der Waals surface area contributed by atoms with Crippen LogP contribution in [0.25, 0.3) is 11.0 Å². The van der Waals surface area contributed by atoms with Crippen molar-refractivity contribution in [3.63, 3.8) is 0 Å². The minimum absolute atomic E-state index is 0.0136. The van der Waals surface area contributed by atoms with Crippen molar-refractivity contribution >= 4 is 16.9 Å². The quantitative estimate of drug-likeness (QED) is 0.778. The Hall–Kier alpha value is -2.01. The number of ether oxygens (including phenoxy) is 1. The normalized spacial score (nSPS) is 10.6. The van der Waals surface area contributed by atoms with Gasteiger partial charge in [0.2, 0.25) is 5.91 Å². The highest BCUT2D eigenvalue weighted by Crippen LogP contribution is 2.32. The van der Waals surface area contributed by atoms with Gasteiger partial charge in [-0.3, -0.25) is 4.79 Å².